The van der Waals surface area contributed by atoms with E-state index < -0.39 is 5.91 Å². The van der Waals surface area contributed by atoms with Crippen LogP contribution in [0.1, 0.15) is 16.2 Å². The summed E-state index contributed by atoms with van der Waals surface area (Å²) in [5.41, 5.74) is 1.93. The van der Waals surface area contributed by atoms with Gasteiger partial charge < -0.3 is 15.1 Å². The van der Waals surface area contributed by atoms with Gasteiger partial charge in [0.05, 0.1) is 12.2 Å². The number of benzene rings is 2. The van der Waals surface area contributed by atoms with E-state index in [0.29, 0.717) is 17.3 Å². The van der Waals surface area contributed by atoms with Crippen LogP contribution in [0.3, 0.4) is 0 Å². The van der Waals surface area contributed by atoms with E-state index in [1.807, 2.05) is 48.5 Å². The molecule has 0 aliphatic carbocycles. The summed E-state index contributed by atoms with van der Waals surface area (Å²) in [6, 6.07) is 18.3. The fraction of sp³-hybridized carbons (Fsp3) is 0.105. The summed E-state index contributed by atoms with van der Waals surface area (Å²) in [6.45, 7) is 1.53. The molecule has 0 atom stereocenters. The Balaban J connectivity index is 1.62. The van der Waals surface area contributed by atoms with Crippen LogP contribution < -0.4 is 10.6 Å². The van der Waals surface area contributed by atoms with Gasteiger partial charge in [0.25, 0.3) is 5.91 Å². The van der Waals surface area contributed by atoms with Crippen molar-refractivity contribution in [1.82, 2.24) is 10.3 Å². The molecule has 1 aromatic heterocycles. The van der Waals surface area contributed by atoms with E-state index in [1.165, 1.54) is 0 Å². The number of aromatic nitrogens is 1. The number of anilines is 1. The summed E-state index contributed by atoms with van der Waals surface area (Å²) in [7, 11) is 0. The molecule has 1 heterocycles. The molecule has 3 aromatic rings. The molecule has 126 valence electrons. The maximum atomic E-state index is 12.2. The number of aryl methyl sites for hydroxylation is 1. The maximum absolute atomic E-state index is 12.2. The number of oxazole rings is 1. The predicted octanol–water partition coefficient (Wildman–Crippen LogP) is 3.02. The molecule has 0 bridgehead atoms. The number of rotatable bonds is 5. The monoisotopic (exact) mass is 335 g/mol. The second kappa shape index (κ2) is 7.44. The van der Waals surface area contributed by atoms with Crippen molar-refractivity contribution in [2.24, 2.45) is 0 Å². The van der Waals surface area contributed by atoms with Gasteiger partial charge >= 0.3 is 0 Å². The van der Waals surface area contributed by atoms with E-state index in [4.69, 9.17) is 4.42 Å². The summed E-state index contributed by atoms with van der Waals surface area (Å²) in [4.78, 5) is 28.4. The number of nitrogens with zero attached hydrogens (tertiary/aromatic N) is 1. The van der Waals surface area contributed by atoms with Crippen molar-refractivity contribution < 1.29 is 14.0 Å². The lowest BCUT2D eigenvalue weighted by molar-refractivity contribution is -0.115. The zero-order chi connectivity index (χ0) is 17.6. The van der Waals surface area contributed by atoms with Crippen LogP contribution in [-0.2, 0) is 4.79 Å². The molecule has 0 aliphatic rings. The Kier molecular flexibility index (Phi) is 4.89. The lowest BCUT2D eigenvalue weighted by Gasteiger charge is -2.05. The minimum atomic E-state index is -0.476. The maximum Gasteiger partial charge on any atom is 0.289 e. The van der Waals surface area contributed by atoms with Gasteiger partial charge in [-0.25, -0.2) is 4.98 Å². The van der Waals surface area contributed by atoms with Gasteiger partial charge in [-0.15, -0.1) is 0 Å². The summed E-state index contributed by atoms with van der Waals surface area (Å²) < 4.78 is 5.56. The highest BCUT2D eigenvalue weighted by atomic mass is 16.4. The van der Waals surface area contributed by atoms with E-state index >= 15 is 0 Å². The summed E-state index contributed by atoms with van der Waals surface area (Å²) in [5, 5.41) is 5.23. The molecule has 3 rings (SSSR count). The van der Waals surface area contributed by atoms with Crippen molar-refractivity contribution in [3.63, 3.8) is 0 Å². The van der Waals surface area contributed by atoms with E-state index in [-0.39, 0.29) is 18.2 Å². The summed E-state index contributed by atoms with van der Waals surface area (Å²) >= 11 is 0. The molecule has 2 N–H and O–H groups in total. The van der Waals surface area contributed by atoms with Crippen LogP contribution in [0.2, 0.25) is 0 Å². The third-order valence-corrected chi connectivity index (χ3v) is 3.49. The Hall–Kier alpha value is -3.41. The number of nitrogens with one attached hydrogen (secondary N) is 2. The minimum absolute atomic E-state index is 0.103. The number of hydrogen-bond donors (Lipinski definition) is 2. The van der Waals surface area contributed by atoms with E-state index in [0.717, 1.165) is 5.56 Å². The first-order valence-corrected chi connectivity index (χ1v) is 7.79. The molecular formula is C19H17N3O3. The van der Waals surface area contributed by atoms with Gasteiger partial charge in [-0.2, -0.15) is 0 Å². The van der Waals surface area contributed by atoms with Crippen LogP contribution in [0.5, 0.6) is 0 Å². The third kappa shape index (κ3) is 4.11. The van der Waals surface area contributed by atoms with Gasteiger partial charge in [0, 0.05) is 11.3 Å². The topological polar surface area (TPSA) is 84.2 Å². The lowest BCUT2D eigenvalue weighted by Crippen LogP contribution is -2.33. The van der Waals surface area contributed by atoms with Crippen LogP contribution >= 0.6 is 0 Å². The van der Waals surface area contributed by atoms with Gasteiger partial charge in [-0.1, -0.05) is 36.4 Å². The van der Waals surface area contributed by atoms with E-state index in [2.05, 4.69) is 15.6 Å². The predicted molar refractivity (Wildman–Crippen MR) is 94.1 cm³/mol. The fourth-order valence-electron chi connectivity index (χ4n) is 2.28. The molecule has 0 unspecified atom stereocenters. The highest BCUT2D eigenvalue weighted by Crippen LogP contribution is 2.21. The molecule has 0 spiro atoms. The van der Waals surface area contributed by atoms with Crippen molar-refractivity contribution in [3.05, 3.63) is 72.1 Å². The third-order valence-electron chi connectivity index (χ3n) is 3.49. The van der Waals surface area contributed by atoms with Crippen LogP contribution in [0.4, 0.5) is 5.69 Å². The van der Waals surface area contributed by atoms with Crippen molar-refractivity contribution in [1.29, 1.82) is 0 Å². The van der Waals surface area contributed by atoms with Crippen LogP contribution in [0.25, 0.3) is 11.5 Å². The SMILES string of the molecule is Cc1nc(-c2ccccc2)oc1C(=O)NCC(=O)Nc1ccccc1. The molecule has 0 saturated carbocycles. The molecule has 6 heteroatoms. The van der Waals surface area contributed by atoms with Crippen molar-refractivity contribution >= 4 is 17.5 Å². The Morgan fingerprint density at radius 1 is 1.00 bits per heavy atom. The Morgan fingerprint density at radius 3 is 2.32 bits per heavy atom. The first kappa shape index (κ1) is 16.4. The molecule has 0 saturated heterocycles. The molecule has 6 nitrogen and oxygen atoms in total. The molecule has 2 amide bonds. The summed E-state index contributed by atoms with van der Waals surface area (Å²) in [5.74, 6) is -0.321. The average Bonchev–Trinajstić information content (AvgIpc) is 3.03. The minimum Gasteiger partial charge on any atom is -0.431 e. The highest BCUT2D eigenvalue weighted by molar-refractivity contribution is 5.98. The quantitative estimate of drug-likeness (QED) is 0.751. The second-order valence-corrected chi connectivity index (χ2v) is 5.40. The van der Waals surface area contributed by atoms with Gasteiger partial charge in [-0.3, -0.25) is 9.59 Å². The zero-order valence-electron chi connectivity index (χ0n) is 13.7. The van der Waals surface area contributed by atoms with Crippen LogP contribution in [0.15, 0.2) is 65.1 Å². The van der Waals surface area contributed by atoms with Crippen LogP contribution in [0, 0.1) is 6.92 Å². The largest absolute Gasteiger partial charge is 0.431 e. The normalized spacial score (nSPS) is 10.3. The van der Waals surface area contributed by atoms with E-state index in [1.54, 1.807) is 19.1 Å². The average molecular weight is 335 g/mol. The first-order chi connectivity index (χ1) is 12.1. The van der Waals surface area contributed by atoms with Gasteiger partial charge in [-0.05, 0) is 31.2 Å². The molecule has 0 radical (unpaired) electrons. The summed E-state index contributed by atoms with van der Waals surface area (Å²) in [6.07, 6.45) is 0. The Morgan fingerprint density at radius 2 is 1.64 bits per heavy atom. The highest BCUT2D eigenvalue weighted by Gasteiger charge is 2.18. The van der Waals surface area contributed by atoms with Gasteiger partial charge in [0.2, 0.25) is 17.6 Å². The molecule has 0 aliphatic heterocycles. The van der Waals surface area contributed by atoms with Crippen molar-refractivity contribution in [2.45, 2.75) is 6.92 Å². The molecule has 2 aromatic carbocycles. The number of carbonyl (C=O) groups excluding carboxylic acids is 2. The number of hydrogen-bond acceptors (Lipinski definition) is 4. The van der Waals surface area contributed by atoms with Gasteiger partial charge in [0.1, 0.15) is 0 Å². The zero-order valence-corrected chi connectivity index (χ0v) is 13.7. The van der Waals surface area contributed by atoms with Gasteiger partial charge in [0.15, 0.2) is 0 Å². The Labute approximate surface area is 144 Å². The van der Waals surface area contributed by atoms with Crippen molar-refractivity contribution in [3.8, 4) is 11.5 Å². The van der Waals surface area contributed by atoms with Crippen LogP contribution in [-0.4, -0.2) is 23.3 Å². The smallest absolute Gasteiger partial charge is 0.289 e. The molecular weight excluding hydrogens is 318 g/mol. The fourth-order valence-corrected chi connectivity index (χ4v) is 2.28. The van der Waals surface area contributed by atoms with E-state index in [9.17, 15) is 9.59 Å². The molecule has 25 heavy (non-hydrogen) atoms. The molecule has 0 fully saturated rings. The standard InChI is InChI=1S/C19H17N3O3/c1-13-17(25-19(21-13)14-8-4-2-5-9-14)18(24)20-12-16(23)22-15-10-6-3-7-11-15/h2-11H,12H2,1H3,(H,20,24)(H,22,23). The number of carbonyl (C=O) groups is 2. The number of amides is 2. The second-order valence-electron chi connectivity index (χ2n) is 5.40. The lowest BCUT2D eigenvalue weighted by atomic mass is 10.2. The first-order valence-electron chi connectivity index (χ1n) is 7.79. The Bertz CT molecular complexity index is 873. The number of para-hydroxylation sites is 1. The van der Waals surface area contributed by atoms with Crippen molar-refractivity contribution in [2.75, 3.05) is 11.9 Å².